The Bertz CT molecular complexity index is 1120. The van der Waals surface area contributed by atoms with Gasteiger partial charge in [-0.15, -0.1) is 23.1 Å². The SMILES string of the molecule is Cc1ccc2c(c1)SC(CC(=O)O)C(=O)N2Cc1nc2c(Cl)c(Cl)ccc2s1. The van der Waals surface area contributed by atoms with E-state index in [1.807, 2.05) is 31.2 Å². The van der Waals surface area contributed by atoms with Crippen LogP contribution in [0.15, 0.2) is 35.2 Å². The second kappa shape index (κ2) is 7.55. The summed E-state index contributed by atoms with van der Waals surface area (Å²) in [4.78, 5) is 31.3. The number of hydrogen-bond acceptors (Lipinski definition) is 5. The van der Waals surface area contributed by atoms with Crippen molar-refractivity contribution in [3.8, 4) is 0 Å². The number of amides is 1. The number of aromatic nitrogens is 1. The molecule has 1 aromatic heterocycles. The lowest BCUT2D eigenvalue weighted by molar-refractivity contribution is -0.138. The molecule has 0 bridgehead atoms. The van der Waals surface area contributed by atoms with Crippen LogP contribution in [0.3, 0.4) is 0 Å². The second-order valence-electron chi connectivity index (χ2n) is 6.42. The van der Waals surface area contributed by atoms with Gasteiger partial charge in [-0.2, -0.15) is 0 Å². The highest BCUT2D eigenvalue weighted by Crippen LogP contribution is 2.42. The molecule has 1 amide bonds. The van der Waals surface area contributed by atoms with Gasteiger partial charge in [0.1, 0.15) is 10.5 Å². The number of carboxylic acids is 1. The Hall–Kier alpha value is -1.80. The lowest BCUT2D eigenvalue weighted by Crippen LogP contribution is -2.41. The number of carboxylic acid groups (broad SMARTS) is 1. The molecule has 3 aromatic rings. The first-order chi connectivity index (χ1) is 13.3. The first-order valence-corrected chi connectivity index (χ1v) is 10.8. The number of hydrogen-bond donors (Lipinski definition) is 1. The summed E-state index contributed by atoms with van der Waals surface area (Å²) in [6.07, 6.45) is -0.228. The minimum absolute atomic E-state index is 0.228. The van der Waals surface area contributed by atoms with E-state index in [1.165, 1.54) is 23.1 Å². The fraction of sp³-hybridized carbons (Fsp3) is 0.211. The molecular weight excluding hydrogens is 439 g/mol. The Morgan fingerprint density at radius 2 is 2.07 bits per heavy atom. The average Bonchev–Trinajstić information content (AvgIpc) is 3.05. The van der Waals surface area contributed by atoms with Crippen LogP contribution in [0.4, 0.5) is 5.69 Å². The number of anilines is 1. The molecule has 28 heavy (non-hydrogen) atoms. The summed E-state index contributed by atoms with van der Waals surface area (Å²) < 4.78 is 0.884. The van der Waals surface area contributed by atoms with Crippen LogP contribution in [0.5, 0.6) is 0 Å². The maximum Gasteiger partial charge on any atom is 0.305 e. The summed E-state index contributed by atoms with van der Waals surface area (Å²) >= 11 is 15.1. The van der Waals surface area contributed by atoms with E-state index in [0.717, 1.165) is 20.8 Å². The van der Waals surface area contributed by atoms with E-state index < -0.39 is 11.2 Å². The number of halogens is 2. The van der Waals surface area contributed by atoms with Crippen LogP contribution in [-0.4, -0.2) is 27.2 Å². The van der Waals surface area contributed by atoms with Crippen molar-refractivity contribution in [2.45, 2.75) is 30.0 Å². The Morgan fingerprint density at radius 3 is 2.82 bits per heavy atom. The molecule has 1 aliphatic rings. The summed E-state index contributed by atoms with van der Waals surface area (Å²) in [5.41, 5.74) is 2.43. The van der Waals surface area contributed by atoms with E-state index in [9.17, 15) is 14.7 Å². The zero-order valence-corrected chi connectivity index (χ0v) is 17.8. The number of nitrogens with zero attached hydrogens (tertiary/aromatic N) is 2. The predicted octanol–water partition coefficient (Wildman–Crippen LogP) is 5.39. The molecule has 0 fully saturated rings. The van der Waals surface area contributed by atoms with E-state index in [2.05, 4.69) is 4.98 Å². The molecule has 9 heteroatoms. The van der Waals surface area contributed by atoms with Gasteiger partial charge in [0.05, 0.1) is 38.6 Å². The van der Waals surface area contributed by atoms with Gasteiger partial charge in [-0.05, 0) is 36.8 Å². The van der Waals surface area contributed by atoms with Gasteiger partial charge >= 0.3 is 5.97 Å². The van der Waals surface area contributed by atoms with Crippen LogP contribution in [0.25, 0.3) is 10.2 Å². The van der Waals surface area contributed by atoms with Crippen LogP contribution in [0, 0.1) is 6.92 Å². The Balaban J connectivity index is 1.74. The van der Waals surface area contributed by atoms with Gasteiger partial charge in [0.25, 0.3) is 0 Å². The van der Waals surface area contributed by atoms with Crippen molar-refractivity contribution in [2.24, 2.45) is 0 Å². The van der Waals surface area contributed by atoms with Crippen molar-refractivity contribution in [1.82, 2.24) is 4.98 Å². The third kappa shape index (κ3) is 3.59. The Labute approximate surface area is 179 Å². The molecule has 144 valence electrons. The van der Waals surface area contributed by atoms with E-state index in [1.54, 1.807) is 11.0 Å². The van der Waals surface area contributed by atoms with Gasteiger partial charge in [0.2, 0.25) is 5.91 Å². The van der Waals surface area contributed by atoms with Crippen LogP contribution in [0.2, 0.25) is 10.0 Å². The minimum atomic E-state index is -0.997. The van der Waals surface area contributed by atoms with Crippen LogP contribution < -0.4 is 4.90 Å². The fourth-order valence-electron chi connectivity index (χ4n) is 3.07. The van der Waals surface area contributed by atoms with Crippen LogP contribution >= 0.6 is 46.3 Å². The predicted molar refractivity (Wildman–Crippen MR) is 114 cm³/mol. The number of fused-ring (bicyclic) bond motifs is 2. The van der Waals surface area contributed by atoms with E-state index in [4.69, 9.17) is 23.2 Å². The van der Waals surface area contributed by atoms with Crippen LogP contribution in [-0.2, 0) is 16.1 Å². The minimum Gasteiger partial charge on any atom is -0.481 e. The quantitative estimate of drug-likeness (QED) is 0.573. The summed E-state index contributed by atoms with van der Waals surface area (Å²) in [5, 5.41) is 10.1. The average molecular weight is 453 g/mol. The number of benzene rings is 2. The molecule has 2 heterocycles. The lowest BCUT2D eigenvalue weighted by Gasteiger charge is -2.33. The van der Waals surface area contributed by atoms with Gasteiger partial charge in [-0.25, -0.2) is 4.98 Å². The molecule has 4 rings (SSSR count). The number of thiazole rings is 1. The van der Waals surface area contributed by atoms with E-state index in [-0.39, 0.29) is 18.9 Å². The molecule has 1 atom stereocenters. The normalized spacial score (nSPS) is 16.5. The number of carbonyl (C=O) groups excluding carboxylic acids is 1. The van der Waals surface area contributed by atoms with E-state index >= 15 is 0 Å². The maximum atomic E-state index is 13.0. The van der Waals surface area contributed by atoms with Gasteiger partial charge in [-0.3, -0.25) is 9.59 Å². The number of rotatable bonds is 4. The van der Waals surface area contributed by atoms with E-state index in [0.29, 0.717) is 20.6 Å². The number of aryl methyl sites for hydroxylation is 1. The Kier molecular flexibility index (Phi) is 5.26. The van der Waals surface area contributed by atoms with Gasteiger partial charge in [0, 0.05) is 4.90 Å². The lowest BCUT2D eigenvalue weighted by atomic mass is 10.1. The summed E-state index contributed by atoms with van der Waals surface area (Å²) in [6.45, 7) is 2.21. The highest BCUT2D eigenvalue weighted by atomic mass is 35.5. The third-order valence-corrected chi connectivity index (χ3v) is 7.40. The first kappa shape index (κ1) is 19.5. The van der Waals surface area contributed by atoms with Crippen molar-refractivity contribution in [2.75, 3.05) is 4.90 Å². The van der Waals surface area contributed by atoms with Crippen molar-refractivity contribution >= 4 is 74.1 Å². The van der Waals surface area contributed by atoms with Crippen LogP contribution in [0.1, 0.15) is 17.0 Å². The number of thioether (sulfide) groups is 1. The molecule has 5 nitrogen and oxygen atoms in total. The standard InChI is InChI=1S/C19H14Cl2N2O3S2/c1-9-2-4-11-13(6-9)27-14(7-16(24)25)19(26)23(11)8-15-22-18-12(28-15)5-3-10(20)17(18)21/h2-6,14H,7-8H2,1H3,(H,24,25). The van der Waals surface area contributed by atoms with Crippen molar-refractivity contribution in [1.29, 1.82) is 0 Å². The van der Waals surface area contributed by atoms with Crippen molar-refractivity contribution in [3.63, 3.8) is 0 Å². The molecule has 0 radical (unpaired) electrons. The monoisotopic (exact) mass is 452 g/mol. The number of aliphatic carboxylic acids is 1. The first-order valence-electron chi connectivity index (χ1n) is 8.37. The molecule has 1 unspecified atom stereocenters. The van der Waals surface area contributed by atoms with Crippen molar-refractivity contribution < 1.29 is 14.7 Å². The van der Waals surface area contributed by atoms with Gasteiger partial charge in [-0.1, -0.05) is 29.3 Å². The number of carbonyl (C=O) groups is 2. The third-order valence-electron chi connectivity index (χ3n) is 4.37. The molecule has 0 spiro atoms. The second-order valence-corrected chi connectivity index (χ2v) is 9.56. The molecule has 0 aliphatic carbocycles. The molecule has 1 aliphatic heterocycles. The van der Waals surface area contributed by atoms with Gasteiger partial charge in [0.15, 0.2) is 0 Å². The fourth-order valence-corrected chi connectivity index (χ4v) is 5.77. The molecule has 1 N–H and O–H groups in total. The summed E-state index contributed by atoms with van der Waals surface area (Å²) in [7, 11) is 0. The molecular formula is C19H14Cl2N2O3S2. The topological polar surface area (TPSA) is 70.5 Å². The summed E-state index contributed by atoms with van der Waals surface area (Å²) in [6, 6.07) is 9.38. The largest absolute Gasteiger partial charge is 0.481 e. The van der Waals surface area contributed by atoms with Gasteiger partial charge < -0.3 is 10.0 Å². The summed E-state index contributed by atoms with van der Waals surface area (Å²) in [5.74, 6) is -1.23. The zero-order chi connectivity index (χ0) is 20.0. The molecule has 2 aromatic carbocycles. The maximum absolute atomic E-state index is 13.0. The molecule has 0 saturated heterocycles. The molecule has 0 saturated carbocycles. The smallest absolute Gasteiger partial charge is 0.305 e. The van der Waals surface area contributed by atoms with Crippen molar-refractivity contribution in [3.05, 3.63) is 50.9 Å². The Morgan fingerprint density at radius 1 is 1.29 bits per heavy atom. The highest BCUT2D eigenvalue weighted by molar-refractivity contribution is 8.01. The highest BCUT2D eigenvalue weighted by Gasteiger charge is 2.35. The zero-order valence-electron chi connectivity index (χ0n) is 14.6.